The highest BCUT2D eigenvalue weighted by Crippen LogP contribution is 2.63. The predicted octanol–water partition coefficient (Wildman–Crippen LogP) is 3.25. The Hall–Kier alpha value is -2.97. The zero-order chi connectivity index (χ0) is 27.3. The first-order chi connectivity index (χ1) is 18.3. The van der Waals surface area contributed by atoms with Crippen molar-refractivity contribution in [3.8, 4) is 0 Å². The number of nitrogens with zero attached hydrogens (tertiary/aromatic N) is 2. The fourth-order valence-electron chi connectivity index (χ4n) is 6.65. The first-order valence-electron chi connectivity index (χ1n) is 13.7. The predicted molar refractivity (Wildman–Crippen MR) is 143 cm³/mol. The molecule has 1 aromatic carbocycles. The number of hydrogen-bond acceptors (Lipinski definition) is 6. The molecule has 1 aromatic rings. The zero-order valence-electron chi connectivity index (χ0n) is 22.3. The van der Waals surface area contributed by atoms with E-state index in [1.165, 1.54) is 6.08 Å². The maximum Gasteiger partial charge on any atom is 0.313 e. The Morgan fingerprint density at radius 2 is 1.89 bits per heavy atom. The van der Waals surface area contributed by atoms with Crippen molar-refractivity contribution in [2.75, 3.05) is 26.3 Å². The van der Waals surface area contributed by atoms with Crippen LogP contribution < -0.4 is 0 Å². The van der Waals surface area contributed by atoms with E-state index in [2.05, 4.69) is 13.2 Å². The molecular formula is C30H40N2O6. The first-order valence-corrected chi connectivity index (χ1v) is 13.7. The number of unbranched alkanes of at least 4 members (excludes halogenated alkanes) is 3. The number of rotatable bonds is 14. The fraction of sp³-hybridized carbons (Fsp3) is 0.567. The smallest absolute Gasteiger partial charge is 0.313 e. The van der Waals surface area contributed by atoms with Gasteiger partial charge in [0.2, 0.25) is 11.8 Å². The van der Waals surface area contributed by atoms with Gasteiger partial charge in [-0.2, -0.15) is 0 Å². The Bertz CT molecular complexity index is 1040. The lowest BCUT2D eigenvalue weighted by Gasteiger charge is -2.37. The number of carbonyl (C=O) groups excluding carboxylic acids is 3. The van der Waals surface area contributed by atoms with Crippen LogP contribution in [0.25, 0.3) is 0 Å². The van der Waals surface area contributed by atoms with E-state index in [9.17, 15) is 14.4 Å². The Morgan fingerprint density at radius 3 is 2.58 bits per heavy atom. The highest BCUT2D eigenvalue weighted by atomic mass is 16.6. The molecule has 2 unspecified atom stereocenters. The van der Waals surface area contributed by atoms with E-state index in [1.54, 1.807) is 15.9 Å². The number of carbonyl (C=O) groups is 3. The van der Waals surface area contributed by atoms with Crippen LogP contribution in [0.4, 0.5) is 0 Å². The summed E-state index contributed by atoms with van der Waals surface area (Å²) in [6, 6.07) is 8.89. The van der Waals surface area contributed by atoms with Crippen LogP contribution in [0.1, 0.15) is 51.0 Å². The molecule has 3 saturated heterocycles. The van der Waals surface area contributed by atoms with Gasteiger partial charge in [-0.1, -0.05) is 61.9 Å². The van der Waals surface area contributed by atoms with Crippen LogP contribution in [0.5, 0.6) is 0 Å². The lowest BCUT2D eigenvalue weighted by atomic mass is 9.66. The number of likely N-dealkylation sites (tertiary alicyclic amines) is 1. The van der Waals surface area contributed by atoms with Crippen LogP contribution in [0.15, 0.2) is 55.6 Å². The van der Waals surface area contributed by atoms with Crippen molar-refractivity contribution >= 4 is 17.8 Å². The van der Waals surface area contributed by atoms with Crippen molar-refractivity contribution in [3.05, 3.63) is 61.2 Å². The van der Waals surface area contributed by atoms with Crippen LogP contribution in [0.2, 0.25) is 0 Å². The number of aliphatic hydroxyl groups excluding tert-OH is 1. The van der Waals surface area contributed by atoms with Crippen molar-refractivity contribution in [1.29, 1.82) is 0 Å². The first kappa shape index (κ1) is 28.0. The largest absolute Gasteiger partial charge is 0.461 e. The van der Waals surface area contributed by atoms with Gasteiger partial charge in [-0.25, -0.2) is 0 Å². The maximum absolute atomic E-state index is 14.4. The Balaban J connectivity index is 1.68. The Labute approximate surface area is 225 Å². The summed E-state index contributed by atoms with van der Waals surface area (Å²) < 4.78 is 12.1. The van der Waals surface area contributed by atoms with Gasteiger partial charge >= 0.3 is 5.97 Å². The molecule has 1 spiro atoms. The minimum Gasteiger partial charge on any atom is -0.461 e. The number of esters is 1. The number of amides is 2. The van der Waals surface area contributed by atoms with E-state index in [4.69, 9.17) is 14.6 Å². The van der Waals surface area contributed by atoms with Crippen LogP contribution in [-0.2, 0) is 30.4 Å². The van der Waals surface area contributed by atoms with Crippen LogP contribution in [0.3, 0.4) is 0 Å². The van der Waals surface area contributed by atoms with Crippen molar-refractivity contribution in [2.45, 2.75) is 69.2 Å². The van der Waals surface area contributed by atoms with E-state index < -0.39 is 35.0 Å². The fourth-order valence-corrected chi connectivity index (χ4v) is 6.65. The van der Waals surface area contributed by atoms with Gasteiger partial charge in [0.1, 0.15) is 24.2 Å². The number of hydrogen-bond donors (Lipinski definition) is 1. The molecule has 3 aliphatic heterocycles. The summed E-state index contributed by atoms with van der Waals surface area (Å²) >= 11 is 0. The molecule has 3 fully saturated rings. The summed E-state index contributed by atoms with van der Waals surface area (Å²) in [6.07, 6.45) is 7.35. The summed E-state index contributed by atoms with van der Waals surface area (Å²) in [5.41, 5.74) is -0.972. The third kappa shape index (κ3) is 5.04. The molecule has 0 radical (unpaired) electrons. The topological polar surface area (TPSA) is 96.4 Å². The van der Waals surface area contributed by atoms with Crippen molar-refractivity contribution in [1.82, 2.24) is 9.80 Å². The number of fused-ring (bicyclic) bond motifs is 1. The zero-order valence-corrected chi connectivity index (χ0v) is 22.3. The van der Waals surface area contributed by atoms with Crippen LogP contribution >= 0.6 is 0 Å². The minimum atomic E-state index is -1.08. The molecule has 3 heterocycles. The second-order valence-corrected chi connectivity index (χ2v) is 10.8. The highest BCUT2D eigenvalue weighted by molar-refractivity contribution is 5.98. The normalized spacial score (nSPS) is 29.3. The second kappa shape index (κ2) is 11.8. The molecule has 8 nitrogen and oxygen atoms in total. The highest BCUT2D eigenvalue weighted by Gasteiger charge is 2.78. The van der Waals surface area contributed by atoms with Gasteiger partial charge in [0, 0.05) is 26.2 Å². The summed E-state index contributed by atoms with van der Waals surface area (Å²) in [5, 5.41) is 9.12. The van der Waals surface area contributed by atoms with E-state index in [0.29, 0.717) is 45.3 Å². The third-order valence-corrected chi connectivity index (χ3v) is 8.29. The van der Waals surface area contributed by atoms with Gasteiger partial charge in [-0.05, 0) is 38.2 Å². The average Bonchev–Trinajstić information content (AvgIpc) is 3.48. The van der Waals surface area contributed by atoms with Gasteiger partial charge in [0.25, 0.3) is 0 Å². The lowest BCUT2D eigenvalue weighted by Crippen LogP contribution is -2.56. The number of aliphatic hydroxyl groups is 1. The summed E-state index contributed by atoms with van der Waals surface area (Å²) in [6.45, 7) is 10.6. The summed E-state index contributed by atoms with van der Waals surface area (Å²) in [7, 11) is 0. The van der Waals surface area contributed by atoms with Crippen LogP contribution in [0, 0.1) is 11.8 Å². The quantitative estimate of drug-likeness (QED) is 0.228. The van der Waals surface area contributed by atoms with Gasteiger partial charge in [-0.3, -0.25) is 14.4 Å². The monoisotopic (exact) mass is 524 g/mol. The molecule has 2 amide bonds. The third-order valence-electron chi connectivity index (χ3n) is 8.29. The van der Waals surface area contributed by atoms with Crippen LogP contribution in [-0.4, -0.2) is 76.2 Å². The molecule has 8 heteroatoms. The van der Waals surface area contributed by atoms with E-state index in [0.717, 1.165) is 18.4 Å². The molecule has 3 aliphatic rings. The van der Waals surface area contributed by atoms with Gasteiger partial charge in [0.05, 0.1) is 11.5 Å². The molecule has 1 N–H and O–H groups in total. The second-order valence-electron chi connectivity index (χ2n) is 10.8. The molecule has 0 saturated carbocycles. The number of benzene rings is 1. The molecule has 0 aromatic heterocycles. The standard InChI is InChI=1S/C30H40N2O6/c1-4-17-31(21-22-13-9-8-10-14-22)27(35)25-30-16-15-29(3,38-30)24(28(36)37-20-5-2)23(30)26(34)32(25)18-11-6-7-12-19-33/h4-5,8-10,13-14,23-25,33H,1-2,6-7,11-12,15-21H2,3H3/t23-,24+,25?,29-,30?/m0/s1. The molecule has 2 bridgehead atoms. The van der Waals surface area contributed by atoms with E-state index in [-0.39, 0.29) is 25.0 Å². The molecule has 38 heavy (non-hydrogen) atoms. The molecule has 4 rings (SSSR count). The molecule has 0 aliphatic carbocycles. The lowest BCUT2D eigenvalue weighted by molar-refractivity contribution is -0.159. The van der Waals surface area contributed by atoms with E-state index >= 15 is 0 Å². The Kier molecular flexibility index (Phi) is 8.73. The molecular weight excluding hydrogens is 484 g/mol. The Morgan fingerprint density at radius 1 is 1.16 bits per heavy atom. The molecule has 5 atom stereocenters. The summed E-state index contributed by atoms with van der Waals surface area (Å²) in [4.78, 5) is 45.0. The number of ether oxygens (including phenoxy) is 2. The van der Waals surface area contributed by atoms with Crippen molar-refractivity contribution in [3.63, 3.8) is 0 Å². The maximum atomic E-state index is 14.4. The summed E-state index contributed by atoms with van der Waals surface area (Å²) in [5.74, 6) is -2.43. The molecule has 206 valence electrons. The van der Waals surface area contributed by atoms with Gasteiger partial charge in [-0.15, -0.1) is 6.58 Å². The SMILES string of the molecule is C=CCOC(=O)[C@H]1[C@H]2C(=O)N(CCCCCCO)C(C(=O)N(CC=C)Cc3ccccc3)C23CC[C@]1(C)O3. The van der Waals surface area contributed by atoms with Gasteiger partial charge < -0.3 is 24.4 Å². The average molecular weight is 525 g/mol. The van der Waals surface area contributed by atoms with Crippen molar-refractivity contribution in [2.24, 2.45) is 11.8 Å². The van der Waals surface area contributed by atoms with Crippen molar-refractivity contribution < 1.29 is 29.0 Å². The minimum absolute atomic E-state index is 0.0560. The van der Waals surface area contributed by atoms with Gasteiger partial charge in [0.15, 0.2) is 0 Å². The van der Waals surface area contributed by atoms with E-state index in [1.807, 2.05) is 37.3 Å².